The number of carbonyl (C=O) groups is 3. The Balaban J connectivity index is 1.38. The minimum atomic E-state index is -0.967. The molecule has 1 aromatic heterocycles. The summed E-state index contributed by atoms with van der Waals surface area (Å²) in [5.74, 6) is -2.79. The Morgan fingerprint density at radius 1 is 1.11 bits per heavy atom. The number of rotatable bonds is 9. The zero-order chi connectivity index (χ0) is 26.4. The average molecular weight is 556 g/mol. The van der Waals surface area contributed by atoms with E-state index in [1.807, 2.05) is 36.6 Å². The van der Waals surface area contributed by atoms with Crippen molar-refractivity contribution in [3.8, 4) is 11.3 Å². The molecule has 0 fully saturated rings. The number of amides is 2. The number of nitrogens with one attached hydrogen (secondary N) is 2. The summed E-state index contributed by atoms with van der Waals surface area (Å²) in [6, 6.07) is 14.6. The Morgan fingerprint density at radius 3 is 2.54 bits per heavy atom. The van der Waals surface area contributed by atoms with Gasteiger partial charge in [-0.25, -0.2) is 4.98 Å². The lowest BCUT2D eigenvalue weighted by Gasteiger charge is -2.24. The SMILES string of the molecule is CCC(Sc1cccc(NC(=O)C2CC=CCC2C(=O)O)c1)C(=O)Nc1nc(-c2ccc(Cl)cc2)cs1. The zero-order valence-electron chi connectivity index (χ0n) is 20.0. The zero-order valence-corrected chi connectivity index (χ0v) is 22.4. The average Bonchev–Trinajstić information content (AvgIpc) is 3.36. The number of aromatic nitrogens is 1. The first-order chi connectivity index (χ1) is 17.8. The van der Waals surface area contributed by atoms with E-state index in [1.165, 1.54) is 23.1 Å². The number of allylic oxidation sites excluding steroid dienone is 2. The van der Waals surface area contributed by atoms with Crippen LogP contribution in [-0.4, -0.2) is 33.1 Å². The summed E-state index contributed by atoms with van der Waals surface area (Å²) < 4.78 is 0. The Bertz CT molecular complexity index is 1310. The summed E-state index contributed by atoms with van der Waals surface area (Å²) in [5, 5.41) is 17.9. The van der Waals surface area contributed by atoms with Crippen molar-refractivity contribution in [3.63, 3.8) is 0 Å². The fourth-order valence-electron chi connectivity index (χ4n) is 4.02. The third-order valence-electron chi connectivity index (χ3n) is 6.00. The third-order valence-corrected chi connectivity index (χ3v) is 8.37. The Morgan fingerprint density at radius 2 is 1.84 bits per heavy atom. The van der Waals surface area contributed by atoms with Gasteiger partial charge in [0.25, 0.3) is 0 Å². The Kier molecular flexibility index (Phi) is 9.02. The molecule has 37 heavy (non-hydrogen) atoms. The smallest absolute Gasteiger partial charge is 0.307 e. The molecule has 0 radical (unpaired) electrons. The van der Waals surface area contributed by atoms with E-state index in [0.29, 0.717) is 35.1 Å². The second kappa shape index (κ2) is 12.4. The van der Waals surface area contributed by atoms with Crippen molar-refractivity contribution in [2.45, 2.75) is 36.3 Å². The second-order valence-electron chi connectivity index (χ2n) is 8.56. The molecule has 3 N–H and O–H groups in total. The molecule has 4 rings (SSSR count). The predicted molar refractivity (Wildman–Crippen MR) is 149 cm³/mol. The van der Waals surface area contributed by atoms with Gasteiger partial charge in [-0.15, -0.1) is 23.1 Å². The lowest BCUT2D eigenvalue weighted by Crippen LogP contribution is -2.34. The molecule has 0 bridgehead atoms. The van der Waals surface area contributed by atoms with Gasteiger partial charge in [-0.3, -0.25) is 14.4 Å². The number of anilines is 2. The monoisotopic (exact) mass is 555 g/mol. The fourth-order valence-corrected chi connectivity index (χ4v) is 5.88. The van der Waals surface area contributed by atoms with Crippen LogP contribution in [-0.2, 0) is 14.4 Å². The molecule has 0 saturated carbocycles. The van der Waals surface area contributed by atoms with Crippen LogP contribution in [0.25, 0.3) is 11.3 Å². The molecule has 7 nitrogen and oxygen atoms in total. The Hall–Kier alpha value is -3.14. The van der Waals surface area contributed by atoms with Crippen LogP contribution in [0.4, 0.5) is 10.8 Å². The first kappa shape index (κ1) is 26.9. The van der Waals surface area contributed by atoms with E-state index in [0.717, 1.165) is 16.2 Å². The molecule has 0 aliphatic heterocycles. The van der Waals surface area contributed by atoms with Crippen LogP contribution in [0.5, 0.6) is 0 Å². The molecule has 0 saturated heterocycles. The fraction of sp³-hybridized carbons (Fsp3) is 0.259. The summed E-state index contributed by atoms with van der Waals surface area (Å²) in [6.07, 6.45) is 4.99. The molecule has 1 aliphatic rings. The molecule has 3 aromatic rings. The number of carbonyl (C=O) groups excluding carboxylic acids is 2. The molecular weight excluding hydrogens is 530 g/mol. The van der Waals surface area contributed by atoms with Crippen LogP contribution in [0.1, 0.15) is 26.2 Å². The van der Waals surface area contributed by atoms with Gasteiger partial charge in [0, 0.05) is 26.5 Å². The summed E-state index contributed by atoms with van der Waals surface area (Å²) in [5.41, 5.74) is 2.25. The first-order valence-electron chi connectivity index (χ1n) is 11.8. The van der Waals surface area contributed by atoms with Gasteiger partial charge >= 0.3 is 5.97 Å². The molecule has 192 valence electrons. The van der Waals surface area contributed by atoms with Gasteiger partial charge in [-0.1, -0.05) is 48.9 Å². The van der Waals surface area contributed by atoms with Gasteiger partial charge < -0.3 is 15.7 Å². The highest BCUT2D eigenvalue weighted by atomic mass is 35.5. The van der Waals surface area contributed by atoms with E-state index in [1.54, 1.807) is 36.4 Å². The maximum atomic E-state index is 13.0. The lowest BCUT2D eigenvalue weighted by molar-refractivity contribution is -0.146. The maximum absolute atomic E-state index is 13.0. The van der Waals surface area contributed by atoms with Gasteiger partial charge in [-0.2, -0.15) is 0 Å². The van der Waals surface area contributed by atoms with Gasteiger partial charge in [0.05, 0.1) is 22.8 Å². The highest BCUT2D eigenvalue weighted by Gasteiger charge is 2.34. The molecule has 3 atom stereocenters. The second-order valence-corrected chi connectivity index (χ2v) is 11.1. The van der Waals surface area contributed by atoms with Crippen molar-refractivity contribution < 1.29 is 19.5 Å². The largest absolute Gasteiger partial charge is 0.481 e. The molecule has 10 heteroatoms. The Labute approximate surface area is 228 Å². The summed E-state index contributed by atoms with van der Waals surface area (Å²) in [6.45, 7) is 1.94. The van der Waals surface area contributed by atoms with Gasteiger partial charge in [0.2, 0.25) is 11.8 Å². The molecule has 2 aromatic carbocycles. The van der Waals surface area contributed by atoms with Gasteiger partial charge in [0.15, 0.2) is 5.13 Å². The molecule has 1 heterocycles. The van der Waals surface area contributed by atoms with Crippen molar-refractivity contribution in [2.75, 3.05) is 10.6 Å². The number of aliphatic carboxylic acids is 1. The van der Waals surface area contributed by atoms with Crippen molar-refractivity contribution in [2.24, 2.45) is 11.8 Å². The van der Waals surface area contributed by atoms with E-state index in [2.05, 4.69) is 15.6 Å². The highest BCUT2D eigenvalue weighted by Crippen LogP contribution is 2.32. The number of carboxylic acids is 1. The standard InChI is InChI=1S/C27H26ClN3O4S2/c1-2-23(25(33)31-27-30-22(15-36-27)16-10-12-17(28)13-11-16)37-19-7-5-6-18(14-19)29-24(32)20-8-3-4-9-21(20)26(34)35/h3-7,10-15,20-21,23H,2,8-9H2,1H3,(H,29,32)(H,34,35)(H,30,31,33). The van der Waals surface area contributed by atoms with Crippen LogP contribution < -0.4 is 10.6 Å². The van der Waals surface area contributed by atoms with Gasteiger partial charge in [0.1, 0.15) is 0 Å². The van der Waals surface area contributed by atoms with Gasteiger partial charge in [-0.05, 0) is 49.6 Å². The molecule has 1 aliphatic carbocycles. The van der Waals surface area contributed by atoms with Crippen LogP contribution in [0.3, 0.4) is 0 Å². The van der Waals surface area contributed by atoms with E-state index >= 15 is 0 Å². The van der Waals surface area contributed by atoms with Crippen molar-refractivity contribution in [1.82, 2.24) is 4.98 Å². The van der Waals surface area contributed by atoms with E-state index in [9.17, 15) is 19.5 Å². The lowest BCUT2D eigenvalue weighted by atomic mass is 9.82. The van der Waals surface area contributed by atoms with E-state index < -0.39 is 17.8 Å². The minimum absolute atomic E-state index is 0.155. The number of thiazole rings is 1. The van der Waals surface area contributed by atoms with Crippen LogP contribution in [0.15, 0.2) is 71.0 Å². The number of thioether (sulfide) groups is 1. The number of hydrogen-bond acceptors (Lipinski definition) is 6. The first-order valence-corrected chi connectivity index (χ1v) is 14.0. The normalized spacial score (nSPS) is 17.7. The molecule has 2 amide bonds. The van der Waals surface area contributed by atoms with Crippen LogP contribution in [0, 0.1) is 11.8 Å². The van der Waals surface area contributed by atoms with Crippen molar-refractivity contribution >= 4 is 63.3 Å². The quantitative estimate of drug-likeness (QED) is 0.203. The van der Waals surface area contributed by atoms with Crippen LogP contribution >= 0.6 is 34.7 Å². The summed E-state index contributed by atoms with van der Waals surface area (Å²) in [4.78, 5) is 42.7. The molecular formula is C27H26ClN3O4S2. The summed E-state index contributed by atoms with van der Waals surface area (Å²) >= 11 is 8.71. The maximum Gasteiger partial charge on any atom is 0.307 e. The number of carboxylic acid groups (broad SMARTS) is 1. The van der Waals surface area contributed by atoms with Crippen LogP contribution in [0.2, 0.25) is 5.02 Å². The minimum Gasteiger partial charge on any atom is -0.481 e. The van der Waals surface area contributed by atoms with Crippen molar-refractivity contribution in [3.05, 3.63) is 71.1 Å². The van der Waals surface area contributed by atoms with Crippen molar-refractivity contribution in [1.29, 1.82) is 0 Å². The number of nitrogens with zero attached hydrogens (tertiary/aromatic N) is 1. The van der Waals surface area contributed by atoms with E-state index in [4.69, 9.17) is 11.6 Å². The molecule has 3 unspecified atom stereocenters. The van der Waals surface area contributed by atoms with E-state index in [-0.39, 0.29) is 17.1 Å². The molecule has 0 spiro atoms. The number of hydrogen-bond donors (Lipinski definition) is 3. The number of halogens is 1. The predicted octanol–water partition coefficient (Wildman–Crippen LogP) is 6.58. The third kappa shape index (κ3) is 7.00. The topological polar surface area (TPSA) is 108 Å². The number of benzene rings is 2. The summed E-state index contributed by atoms with van der Waals surface area (Å²) in [7, 11) is 0. The highest BCUT2D eigenvalue weighted by molar-refractivity contribution is 8.00.